The van der Waals surface area contributed by atoms with E-state index in [-0.39, 0.29) is 12.5 Å². The number of aromatic nitrogens is 2. The number of carbonyl (C=O) groups is 1. The molecular weight excluding hydrogens is 290 g/mol. The van der Waals surface area contributed by atoms with Crippen LogP contribution in [0.4, 0.5) is 0 Å². The highest BCUT2D eigenvalue weighted by Crippen LogP contribution is 2.13. The number of amides is 1. The van der Waals surface area contributed by atoms with Crippen molar-refractivity contribution >= 4 is 5.91 Å². The van der Waals surface area contributed by atoms with Crippen molar-refractivity contribution in [2.24, 2.45) is 5.92 Å². The standard InChI is InChI=1S/C18H25N3O2/c1-3-7-15(10-11-22)13-19-18(23)17-12-14(2)21(20-17)16-8-5-4-6-9-16/h4-6,8-9,12,15,22H,3,7,10-11,13H2,1-2H3,(H,19,23). The fourth-order valence-electron chi connectivity index (χ4n) is 2.68. The Morgan fingerprint density at radius 2 is 2.04 bits per heavy atom. The number of nitrogens with one attached hydrogen (secondary N) is 1. The van der Waals surface area contributed by atoms with Crippen molar-refractivity contribution in [3.05, 3.63) is 47.8 Å². The van der Waals surface area contributed by atoms with Crippen molar-refractivity contribution in [2.75, 3.05) is 13.2 Å². The van der Waals surface area contributed by atoms with Crippen LogP contribution < -0.4 is 5.32 Å². The van der Waals surface area contributed by atoms with Crippen molar-refractivity contribution in [1.29, 1.82) is 0 Å². The second kappa shape index (κ2) is 8.48. The van der Waals surface area contributed by atoms with E-state index in [1.165, 1.54) is 0 Å². The summed E-state index contributed by atoms with van der Waals surface area (Å²) in [6.45, 7) is 4.77. The van der Waals surface area contributed by atoms with E-state index in [9.17, 15) is 4.79 Å². The zero-order chi connectivity index (χ0) is 16.7. The van der Waals surface area contributed by atoms with Crippen LogP contribution in [0.1, 0.15) is 42.4 Å². The Morgan fingerprint density at radius 1 is 1.30 bits per heavy atom. The highest BCUT2D eigenvalue weighted by Gasteiger charge is 2.15. The number of nitrogens with zero attached hydrogens (tertiary/aromatic N) is 2. The second-order valence-electron chi connectivity index (χ2n) is 5.80. The number of aliphatic hydroxyl groups excluding tert-OH is 1. The molecule has 1 unspecified atom stereocenters. The summed E-state index contributed by atoms with van der Waals surface area (Å²) in [5.74, 6) is 0.146. The third kappa shape index (κ3) is 4.66. The Balaban J connectivity index is 2.03. The Bertz CT molecular complexity index is 616. The van der Waals surface area contributed by atoms with Gasteiger partial charge in [-0.3, -0.25) is 4.79 Å². The molecule has 0 aliphatic carbocycles. The van der Waals surface area contributed by atoms with Gasteiger partial charge in [-0.15, -0.1) is 0 Å². The lowest BCUT2D eigenvalue weighted by atomic mass is 10.0. The van der Waals surface area contributed by atoms with Gasteiger partial charge < -0.3 is 10.4 Å². The van der Waals surface area contributed by atoms with E-state index < -0.39 is 0 Å². The minimum Gasteiger partial charge on any atom is -0.396 e. The van der Waals surface area contributed by atoms with E-state index in [0.29, 0.717) is 24.6 Å². The normalized spacial score (nSPS) is 12.1. The van der Waals surface area contributed by atoms with E-state index >= 15 is 0 Å². The molecule has 2 rings (SSSR count). The Kier molecular flexibility index (Phi) is 6.35. The summed E-state index contributed by atoms with van der Waals surface area (Å²) in [7, 11) is 0. The minimum atomic E-state index is -0.165. The molecule has 1 atom stereocenters. The number of hydrogen-bond acceptors (Lipinski definition) is 3. The molecule has 0 saturated heterocycles. The molecule has 0 aliphatic rings. The zero-order valence-corrected chi connectivity index (χ0v) is 13.8. The molecule has 1 aromatic heterocycles. The fourth-order valence-corrected chi connectivity index (χ4v) is 2.68. The van der Waals surface area contributed by atoms with Crippen LogP contribution in [0.2, 0.25) is 0 Å². The quantitative estimate of drug-likeness (QED) is 0.787. The smallest absolute Gasteiger partial charge is 0.271 e. The summed E-state index contributed by atoms with van der Waals surface area (Å²) in [5.41, 5.74) is 2.28. The lowest BCUT2D eigenvalue weighted by Gasteiger charge is -2.15. The molecule has 2 aromatic rings. The van der Waals surface area contributed by atoms with Gasteiger partial charge in [0.1, 0.15) is 0 Å². The van der Waals surface area contributed by atoms with E-state index in [4.69, 9.17) is 5.11 Å². The van der Waals surface area contributed by atoms with Crippen molar-refractivity contribution < 1.29 is 9.90 Å². The van der Waals surface area contributed by atoms with E-state index in [1.807, 2.05) is 37.3 Å². The summed E-state index contributed by atoms with van der Waals surface area (Å²) < 4.78 is 1.77. The molecule has 0 radical (unpaired) electrons. The summed E-state index contributed by atoms with van der Waals surface area (Å²) in [6.07, 6.45) is 2.76. The summed E-state index contributed by atoms with van der Waals surface area (Å²) in [4.78, 5) is 12.3. The first-order valence-electron chi connectivity index (χ1n) is 8.16. The average Bonchev–Trinajstić information content (AvgIpc) is 2.95. The molecule has 23 heavy (non-hydrogen) atoms. The summed E-state index contributed by atoms with van der Waals surface area (Å²) in [6, 6.07) is 11.6. The van der Waals surface area contributed by atoms with Crippen LogP contribution in [-0.2, 0) is 0 Å². The first kappa shape index (κ1) is 17.2. The Hall–Kier alpha value is -2.14. The number of carbonyl (C=O) groups excluding carboxylic acids is 1. The van der Waals surface area contributed by atoms with Crippen molar-refractivity contribution in [1.82, 2.24) is 15.1 Å². The van der Waals surface area contributed by atoms with Crippen LogP contribution in [0.25, 0.3) is 5.69 Å². The maximum Gasteiger partial charge on any atom is 0.271 e. The Labute approximate surface area is 137 Å². The largest absolute Gasteiger partial charge is 0.396 e. The minimum absolute atomic E-state index is 0.155. The van der Waals surface area contributed by atoms with E-state index in [0.717, 1.165) is 24.2 Å². The Morgan fingerprint density at radius 3 is 2.70 bits per heavy atom. The topological polar surface area (TPSA) is 67.2 Å². The van der Waals surface area contributed by atoms with Crippen LogP contribution in [0.5, 0.6) is 0 Å². The van der Waals surface area contributed by atoms with Gasteiger partial charge in [-0.05, 0) is 43.9 Å². The number of aryl methyl sites for hydroxylation is 1. The number of para-hydroxylation sites is 1. The third-order valence-electron chi connectivity index (χ3n) is 3.91. The predicted molar refractivity (Wildman–Crippen MR) is 90.7 cm³/mol. The number of rotatable bonds is 8. The van der Waals surface area contributed by atoms with Crippen LogP contribution in [0, 0.1) is 12.8 Å². The second-order valence-corrected chi connectivity index (χ2v) is 5.80. The van der Waals surface area contributed by atoms with Gasteiger partial charge >= 0.3 is 0 Å². The van der Waals surface area contributed by atoms with Crippen LogP contribution >= 0.6 is 0 Å². The molecular formula is C18H25N3O2. The molecule has 0 fully saturated rings. The molecule has 2 N–H and O–H groups in total. The molecule has 124 valence electrons. The third-order valence-corrected chi connectivity index (χ3v) is 3.91. The van der Waals surface area contributed by atoms with E-state index in [1.54, 1.807) is 10.7 Å². The number of hydrogen-bond donors (Lipinski definition) is 2. The van der Waals surface area contributed by atoms with Gasteiger partial charge in [0.05, 0.1) is 5.69 Å². The van der Waals surface area contributed by atoms with Gasteiger partial charge in [-0.1, -0.05) is 31.5 Å². The van der Waals surface area contributed by atoms with Gasteiger partial charge in [-0.2, -0.15) is 5.10 Å². The first-order chi connectivity index (χ1) is 11.2. The average molecular weight is 315 g/mol. The zero-order valence-electron chi connectivity index (χ0n) is 13.8. The van der Waals surface area contributed by atoms with Crippen LogP contribution in [-0.4, -0.2) is 33.9 Å². The van der Waals surface area contributed by atoms with Gasteiger partial charge in [0.2, 0.25) is 0 Å². The number of benzene rings is 1. The van der Waals surface area contributed by atoms with E-state index in [2.05, 4.69) is 17.3 Å². The van der Waals surface area contributed by atoms with Crippen molar-refractivity contribution in [3.63, 3.8) is 0 Å². The molecule has 5 heteroatoms. The van der Waals surface area contributed by atoms with Crippen molar-refractivity contribution in [3.8, 4) is 5.69 Å². The maximum atomic E-state index is 12.3. The van der Waals surface area contributed by atoms with Gasteiger partial charge in [0.15, 0.2) is 5.69 Å². The van der Waals surface area contributed by atoms with Gasteiger partial charge in [0, 0.05) is 18.8 Å². The van der Waals surface area contributed by atoms with Crippen molar-refractivity contribution in [2.45, 2.75) is 33.1 Å². The monoisotopic (exact) mass is 315 g/mol. The van der Waals surface area contributed by atoms with Gasteiger partial charge in [0.25, 0.3) is 5.91 Å². The first-order valence-corrected chi connectivity index (χ1v) is 8.16. The summed E-state index contributed by atoms with van der Waals surface area (Å²) >= 11 is 0. The lowest BCUT2D eigenvalue weighted by molar-refractivity contribution is 0.0937. The van der Waals surface area contributed by atoms with Crippen LogP contribution in [0.3, 0.4) is 0 Å². The highest BCUT2D eigenvalue weighted by molar-refractivity contribution is 5.92. The fraction of sp³-hybridized carbons (Fsp3) is 0.444. The lowest BCUT2D eigenvalue weighted by Crippen LogP contribution is -2.30. The van der Waals surface area contributed by atoms with Gasteiger partial charge in [-0.25, -0.2) is 4.68 Å². The molecule has 0 bridgehead atoms. The molecule has 5 nitrogen and oxygen atoms in total. The predicted octanol–water partition coefficient (Wildman–Crippen LogP) is 2.71. The maximum absolute atomic E-state index is 12.3. The number of aliphatic hydroxyl groups is 1. The molecule has 1 aromatic carbocycles. The molecule has 0 spiro atoms. The van der Waals surface area contributed by atoms with Crippen LogP contribution in [0.15, 0.2) is 36.4 Å². The molecule has 0 aliphatic heterocycles. The highest BCUT2D eigenvalue weighted by atomic mass is 16.3. The molecule has 1 heterocycles. The molecule has 1 amide bonds. The molecule has 0 saturated carbocycles. The summed E-state index contributed by atoms with van der Waals surface area (Å²) in [5, 5.41) is 16.4. The SMILES string of the molecule is CCCC(CCO)CNC(=O)c1cc(C)n(-c2ccccc2)n1.